The van der Waals surface area contributed by atoms with Gasteiger partial charge in [0.25, 0.3) is 0 Å². The Balaban J connectivity index is 2.96. The van der Waals surface area contributed by atoms with Crippen LogP contribution in [0, 0.1) is 5.82 Å². The van der Waals surface area contributed by atoms with Crippen molar-refractivity contribution in [3.05, 3.63) is 35.1 Å². The van der Waals surface area contributed by atoms with E-state index < -0.39 is 17.6 Å². The molecular weight excluding hydrogens is 222 g/mol. The van der Waals surface area contributed by atoms with Crippen molar-refractivity contribution in [2.75, 3.05) is 0 Å². The fraction of sp³-hybridized carbons (Fsp3) is 0.455. The number of alkyl halides is 3. The number of hydrogen-bond acceptors (Lipinski definition) is 1. The van der Waals surface area contributed by atoms with Crippen molar-refractivity contribution in [1.29, 1.82) is 0 Å². The van der Waals surface area contributed by atoms with E-state index in [4.69, 9.17) is 5.73 Å². The summed E-state index contributed by atoms with van der Waals surface area (Å²) in [4.78, 5) is 0. The molecule has 0 aromatic heterocycles. The molecule has 0 heterocycles. The molecule has 0 saturated heterocycles. The molecule has 0 radical (unpaired) electrons. The normalized spacial score (nSPS) is 13.9. The first kappa shape index (κ1) is 13.0. The molecule has 0 amide bonds. The first-order valence-corrected chi connectivity index (χ1v) is 4.92. The summed E-state index contributed by atoms with van der Waals surface area (Å²) in [5.41, 5.74) is 4.32. The van der Waals surface area contributed by atoms with Crippen LogP contribution in [0.5, 0.6) is 0 Å². The third-order valence-corrected chi connectivity index (χ3v) is 2.25. The second-order valence-electron chi connectivity index (χ2n) is 3.79. The van der Waals surface area contributed by atoms with Crippen molar-refractivity contribution in [3.63, 3.8) is 0 Å². The van der Waals surface area contributed by atoms with Crippen LogP contribution in [-0.4, -0.2) is 6.04 Å². The van der Waals surface area contributed by atoms with Gasteiger partial charge in [-0.05, 0) is 31.4 Å². The molecule has 1 atom stereocenters. The second-order valence-corrected chi connectivity index (χ2v) is 3.79. The number of benzene rings is 1. The molecule has 16 heavy (non-hydrogen) atoms. The highest BCUT2D eigenvalue weighted by Gasteiger charge is 2.34. The summed E-state index contributed by atoms with van der Waals surface area (Å²) in [6.07, 6.45) is -3.97. The van der Waals surface area contributed by atoms with E-state index in [1.54, 1.807) is 6.92 Å². The SMILES string of the molecule is C[C@H](N)CCc1cccc(C(F)(F)F)c1F. The predicted molar refractivity (Wildman–Crippen MR) is 53.4 cm³/mol. The largest absolute Gasteiger partial charge is 0.419 e. The van der Waals surface area contributed by atoms with E-state index in [-0.39, 0.29) is 18.0 Å². The predicted octanol–water partition coefficient (Wildman–Crippen LogP) is 3.12. The van der Waals surface area contributed by atoms with Gasteiger partial charge in [0.15, 0.2) is 0 Å². The van der Waals surface area contributed by atoms with E-state index in [0.29, 0.717) is 6.42 Å². The molecule has 1 aromatic carbocycles. The molecule has 0 aliphatic heterocycles. The maximum Gasteiger partial charge on any atom is 0.419 e. The molecule has 90 valence electrons. The zero-order valence-electron chi connectivity index (χ0n) is 8.81. The molecule has 0 aliphatic rings. The Hall–Kier alpha value is -1.10. The fourth-order valence-electron chi connectivity index (χ4n) is 1.37. The van der Waals surface area contributed by atoms with Crippen LogP contribution >= 0.6 is 0 Å². The van der Waals surface area contributed by atoms with Crippen LogP contribution in [0.15, 0.2) is 18.2 Å². The zero-order chi connectivity index (χ0) is 12.3. The third-order valence-electron chi connectivity index (χ3n) is 2.25. The van der Waals surface area contributed by atoms with Crippen molar-refractivity contribution < 1.29 is 17.6 Å². The lowest BCUT2D eigenvalue weighted by atomic mass is 10.0. The maximum atomic E-state index is 13.5. The average Bonchev–Trinajstić information content (AvgIpc) is 2.14. The number of aryl methyl sites for hydroxylation is 1. The quantitative estimate of drug-likeness (QED) is 0.800. The molecule has 0 bridgehead atoms. The molecule has 1 aromatic rings. The molecule has 1 rings (SSSR count). The van der Waals surface area contributed by atoms with Gasteiger partial charge in [-0.2, -0.15) is 13.2 Å². The van der Waals surface area contributed by atoms with Crippen molar-refractivity contribution >= 4 is 0 Å². The lowest BCUT2D eigenvalue weighted by Crippen LogP contribution is -2.16. The van der Waals surface area contributed by atoms with Crippen LogP contribution in [0.25, 0.3) is 0 Å². The van der Waals surface area contributed by atoms with E-state index in [1.807, 2.05) is 0 Å². The van der Waals surface area contributed by atoms with E-state index >= 15 is 0 Å². The minimum atomic E-state index is -4.64. The summed E-state index contributed by atoms with van der Waals surface area (Å²) in [5, 5.41) is 0. The fourth-order valence-corrected chi connectivity index (χ4v) is 1.37. The molecule has 0 fully saturated rings. The Bertz CT molecular complexity index is 357. The minimum absolute atomic E-state index is 0.0622. The van der Waals surface area contributed by atoms with Crippen LogP contribution in [-0.2, 0) is 12.6 Å². The van der Waals surface area contributed by atoms with Crippen molar-refractivity contribution in [2.45, 2.75) is 32.0 Å². The van der Waals surface area contributed by atoms with Gasteiger partial charge in [0.1, 0.15) is 5.82 Å². The second kappa shape index (κ2) is 4.82. The Morgan fingerprint density at radius 2 is 1.94 bits per heavy atom. The molecule has 5 heteroatoms. The standard InChI is InChI=1S/C11H13F4N/c1-7(16)5-6-8-3-2-4-9(10(8)12)11(13,14)15/h2-4,7H,5-6,16H2,1H3/t7-/m0/s1. The summed E-state index contributed by atoms with van der Waals surface area (Å²) in [6.45, 7) is 1.73. The number of halogens is 4. The van der Waals surface area contributed by atoms with Crippen LogP contribution in [0.3, 0.4) is 0 Å². The molecule has 0 aliphatic carbocycles. The number of hydrogen-bond donors (Lipinski definition) is 1. The van der Waals surface area contributed by atoms with E-state index in [9.17, 15) is 17.6 Å². The third kappa shape index (κ3) is 3.20. The zero-order valence-corrected chi connectivity index (χ0v) is 8.81. The lowest BCUT2D eigenvalue weighted by molar-refractivity contribution is -0.140. The summed E-state index contributed by atoms with van der Waals surface area (Å²) in [6, 6.07) is 3.15. The van der Waals surface area contributed by atoms with Crippen molar-refractivity contribution in [1.82, 2.24) is 0 Å². The van der Waals surface area contributed by atoms with Crippen LogP contribution in [0.2, 0.25) is 0 Å². The monoisotopic (exact) mass is 235 g/mol. The first-order valence-electron chi connectivity index (χ1n) is 4.92. The lowest BCUT2D eigenvalue weighted by Gasteiger charge is -2.11. The van der Waals surface area contributed by atoms with Crippen LogP contribution < -0.4 is 5.73 Å². The van der Waals surface area contributed by atoms with Crippen molar-refractivity contribution in [2.24, 2.45) is 5.73 Å². The van der Waals surface area contributed by atoms with Gasteiger partial charge in [-0.3, -0.25) is 0 Å². The molecule has 2 N–H and O–H groups in total. The van der Waals surface area contributed by atoms with E-state index in [1.165, 1.54) is 12.1 Å². The highest BCUT2D eigenvalue weighted by Crippen LogP contribution is 2.32. The Morgan fingerprint density at radius 3 is 2.44 bits per heavy atom. The number of rotatable bonds is 3. The van der Waals surface area contributed by atoms with Gasteiger partial charge < -0.3 is 5.73 Å². The van der Waals surface area contributed by atoms with Crippen LogP contribution in [0.1, 0.15) is 24.5 Å². The van der Waals surface area contributed by atoms with Crippen LogP contribution in [0.4, 0.5) is 17.6 Å². The van der Waals surface area contributed by atoms with E-state index in [0.717, 1.165) is 6.07 Å². The van der Waals surface area contributed by atoms with Gasteiger partial charge in [-0.1, -0.05) is 12.1 Å². The topological polar surface area (TPSA) is 26.0 Å². The highest BCUT2D eigenvalue weighted by molar-refractivity contribution is 5.28. The van der Waals surface area contributed by atoms with E-state index in [2.05, 4.69) is 0 Å². The van der Waals surface area contributed by atoms with Gasteiger partial charge >= 0.3 is 6.18 Å². The van der Waals surface area contributed by atoms with Gasteiger partial charge in [0.05, 0.1) is 5.56 Å². The summed E-state index contributed by atoms with van der Waals surface area (Å²) >= 11 is 0. The minimum Gasteiger partial charge on any atom is -0.328 e. The van der Waals surface area contributed by atoms with Gasteiger partial charge in [0.2, 0.25) is 0 Å². The Kier molecular flexibility index (Phi) is 3.91. The smallest absolute Gasteiger partial charge is 0.328 e. The molecule has 0 saturated carbocycles. The molecule has 1 nitrogen and oxygen atoms in total. The summed E-state index contributed by atoms with van der Waals surface area (Å²) in [7, 11) is 0. The van der Waals surface area contributed by atoms with Gasteiger partial charge in [0, 0.05) is 6.04 Å². The maximum absolute atomic E-state index is 13.5. The Labute approximate surface area is 91.3 Å². The molecular formula is C11H13F4N. The molecule has 0 unspecified atom stereocenters. The average molecular weight is 235 g/mol. The van der Waals surface area contributed by atoms with Crippen molar-refractivity contribution in [3.8, 4) is 0 Å². The highest BCUT2D eigenvalue weighted by atomic mass is 19.4. The first-order chi connectivity index (χ1) is 7.32. The van der Waals surface area contributed by atoms with Gasteiger partial charge in [-0.25, -0.2) is 4.39 Å². The summed E-state index contributed by atoms with van der Waals surface area (Å²) in [5.74, 6) is -1.18. The summed E-state index contributed by atoms with van der Waals surface area (Å²) < 4.78 is 50.5. The van der Waals surface area contributed by atoms with Gasteiger partial charge in [-0.15, -0.1) is 0 Å². The number of nitrogens with two attached hydrogens (primary N) is 1. The molecule has 0 spiro atoms. The Morgan fingerprint density at radius 1 is 1.31 bits per heavy atom.